The number of aryl methyl sites for hydroxylation is 1. The van der Waals surface area contributed by atoms with Crippen LogP contribution in [0.3, 0.4) is 0 Å². The van der Waals surface area contributed by atoms with E-state index in [0.717, 1.165) is 40.0 Å². The Balaban J connectivity index is 1.61. The van der Waals surface area contributed by atoms with Crippen LogP contribution in [0.1, 0.15) is 21.7 Å². The Hall–Kier alpha value is -1.83. The number of carbonyl (C=O) groups is 1. The van der Waals surface area contributed by atoms with Crippen LogP contribution in [-0.2, 0) is 11.2 Å². The SMILES string of the molecule is COC(=O)c1cc(-c2csc(NCCCc3ccccc3)n2)c(SC)s1. The van der Waals surface area contributed by atoms with Crippen molar-refractivity contribution in [3.05, 3.63) is 52.2 Å². The number of aromatic nitrogens is 1. The molecule has 7 heteroatoms. The van der Waals surface area contributed by atoms with Crippen molar-refractivity contribution >= 4 is 45.5 Å². The van der Waals surface area contributed by atoms with E-state index >= 15 is 0 Å². The average molecular weight is 405 g/mol. The number of esters is 1. The van der Waals surface area contributed by atoms with Gasteiger partial charge in [0.25, 0.3) is 0 Å². The third-order valence-corrected chi connectivity index (χ3v) is 6.86. The number of methoxy groups -OCH3 is 1. The maximum atomic E-state index is 11.8. The average Bonchev–Trinajstić information content (AvgIpc) is 3.32. The number of thioether (sulfide) groups is 1. The molecule has 0 aliphatic carbocycles. The molecule has 2 aromatic heterocycles. The summed E-state index contributed by atoms with van der Waals surface area (Å²) in [5.74, 6) is -0.300. The third-order valence-electron chi connectivity index (χ3n) is 3.81. The molecule has 3 aromatic rings. The summed E-state index contributed by atoms with van der Waals surface area (Å²) in [6, 6.07) is 12.4. The van der Waals surface area contributed by atoms with Gasteiger partial charge in [0.2, 0.25) is 0 Å². The molecule has 26 heavy (non-hydrogen) atoms. The lowest BCUT2D eigenvalue weighted by Crippen LogP contribution is -2.02. The molecule has 0 amide bonds. The first-order valence-corrected chi connectivity index (χ1v) is 11.1. The zero-order valence-electron chi connectivity index (χ0n) is 14.7. The van der Waals surface area contributed by atoms with Crippen LogP contribution < -0.4 is 5.32 Å². The van der Waals surface area contributed by atoms with Gasteiger partial charge in [-0.05, 0) is 30.7 Å². The van der Waals surface area contributed by atoms with Crippen molar-refractivity contribution < 1.29 is 9.53 Å². The second kappa shape index (κ2) is 9.21. The van der Waals surface area contributed by atoms with Gasteiger partial charge in [0.05, 0.1) is 17.0 Å². The van der Waals surface area contributed by atoms with Crippen LogP contribution in [-0.4, -0.2) is 30.9 Å². The number of anilines is 1. The van der Waals surface area contributed by atoms with Gasteiger partial charge >= 0.3 is 5.97 Å². The summed E-state index contributed by atoms with van der Waals surface area (Å²) in [6.45, 7) is 0.883. The maximum Gasteiger partial charge on any atom is 0.348 e. The smallest absolute Gasteiger partial charge is 0.348 e. The van der Waals surface area contributed by atoms with Gasteiger partial charge in [-0.2, -0.15) is 0 Å². The van der Waals surface area contributed by atoms with E-state index in [2.05, 4.69) is 34.6 Å². The summed E-state index contributed by atoms with van der Waals surface area (Å²) >= 11 is 4.66. The van der Waals surface area contributed by atoms with Crippen molar-refractivity contribution in [2.24, 2.45) is 0 Å². The Morgan fingerprint density at radius 3 is 2.85 bits per heavy atom. The highest BCUT2D eigenvalue weighted by Gasteiger charge is 2.17. The third kappa shape index (κ3) is 4.66. The standard InChI is InChI=1S/C19H20N2O2S3/c1-23-17(22)16-11-14(18(24-2)26-16)15-12-25-19(21-15)20-10-6-9-13-7-4-3-5-8-13/h3-5,7-8,11-12H,6,9-10H2,1-2H3,(H,20,21). The summed E-state index contributed by atoms with van der Waals surface area (Å²) < 4.78 is 5.90. The van der Waals surface area contributed by atoms with Gasteiger partial charge < -0.3 is 10.1 Å². The number of nitrogens with one attached hydrogen (secondary N) is 1. The lowest BCUT2D eigenvalue weighted by atomic mass is 10.1. The first kappa shape index (κ1) is 18.9. The number of thiazole rings is 1. The highest BCUT2D eigenvalue weighted by Crippen LogP contribution is 2.39. The zero-order valence-corrected chi connectivity index (χ0v) is 17.1. The quantitative estimate of drug-likeness (QED) is 0.308. The lowest BCUT2D eigenvalue weighted by Gasteiger charge is -2.03. The molecule has 2 heterocycles. The van der Waals surface area contributed by atoms with E-state index < -0.39 is 0 Å². The number of rotatable bonds is 8. The number of ether oxygens (including phenoxy) is 1. The van der Waals surface area contributed by atoms with Crippen LogP contribution >= 0.6 is 34.4 Å². The molecule has 0 spiro atoms. The summed E-state index contributed by atoms with van der Waals surface area (Å²) in [7, 11) is 1.40. The van der Waals surface area contributed by atoms with E-state index in [0.29, 0.717) is 4.88 Å². The fourth-order valence-corrected chi connectivity index (χ4v) is 5.06. The van der Waals surface area contributed by atoms with Gasteiger partial charge in [-0.1, -0.05) is 30.3 Å². The second-order valence-corrected chi connectivity index (χ2v) is 8.55. The minimum atomic E-state index is -0.300. The molecule has 4 nitrogen and oxygen atoms in total. The number of carbonyl (C=O) groups excluding carboxylic acids is 1. The van der Waals surface area contributed by atoms with Gasteiger partial charge in [-0.3, -0.25) is 0 Å². The summed E-state index contributed by atoms with van der Waals surface area (Å²) in [5.41, 5.74) is 3.25. The maximum absolute atomic E-state index is 11.8. The highest BCUT2D eigenvalue weighted by atomic mass is 32.2. The minimum absolute atomic E-state index is 0.300. The fourth-order valence-electron chi connectivity index (χ4n) is 2.52. The van der Waals surface area contributed by atoms with Crippen LogP contribution in [0.15, 0.2) is 46.0 Å². The second-order valence-electron chi connectivity index (χ2n) is 5.56. The molecule has 0 saturated heterocycles. The first-order chi connectivity index (χ1) is 12.7. The molecule has 1 aromatic carbocycles. The molecule has 0 atom stereocenters. The topological polar surface area (TPSA) is 51.2 Å². The molecular weight excluding hydrogens is 384 g/mol. The van der Waals surface area contributed by atoms with Crippen molar-refractivity contribution in [2.45, 2.75) is 17.1 Å². The first-order valence-electron chi connectivity index (χ1n) is 8.21. The molecule has 0 unspecified atom stereocenters. The van der Waals surface area contributed by atoms with Gasteiger partial charge in [0.1, 0.15) is 4.88 Å². The van der Waals surface area contributed by atoms with Crippen molar-refractivity contribution in [3.8, 4) is 11.3 Å². The molecule has 3 rings (SSSR count). The van der Waals surface area contributed by atoms with E-state index in [1.165, 1.54) is 24.0 Å². The normalized spacial score (nSPS) is 10.7. The summed E-state index contributed by atoms with van der Waals surface area (Å²) in [5, 5.41) is 6.33. The number of hydrogen-bond acceptors (Lipinski definition) is 7. The van der Waals surface area contributed by atoms with Crippen LogP contribution in [0.25, 0.3) is 11.3 Å². The van der Waals surface area contributed by atoms with Crippen molar-refractivity contribution in [1.82, 2.24) is 4.98 Å². The molecule has 0 aliphatic rings. The van der Waals surface area contributed by atoms with E-state index in [-0.39, 0.29) is 5.97 Å². The van der Waals surface area contributed by atoms with E-state index in [9.17, 15) is 4.79 Å². The van der Waals surface area contributed by atoms with Gasteiger partial charge in [-0.15, -0.1) is 34.4 Å². The predicted octanol–water partition coefficient (Wildman–Crippen LogP) is 5.42. The van der Waals surface area contributed by atoms with Gasteiger partial charge in [0.15, 0.2) is 5.13 Å². The Kier molecular flexibility index (Phi) is 6.71. The van der Waals surface area contributed by atoms with Crippen molar-refractivity contribution in [1.29, 1.82) is 0 Å². The molecule has 0 aliphatic heterocycles. The van der Waals surface area contributed by atoms with E-state index in [4.69, 9.17) is 4.74 Å². The fraction of sp³-hybridized carbons (Fsp3) is 0.263. The number of hydrogen-bond donors (Lipinski definition) is 1. The molecule has 136 valence electrons. The minimum Gasteiger partial charge on any atom is -0.465 e. The van der Waals surface area contributed by atoms with Gasteiger partial charge in [0, 0.05) is 17.5 Å². The number of nitrogens with zero attached hydrogens (tertiary/aromatic N) is 1. The van der Waals surface area contributed by atoms with Crippen LogP contribution in [0.5, 0.6) is 0 Å². The molecule has 0 fully saturated rings. The molecule has 0 bridgehead atoms. The zero-order chi connectivity index (χ0) is 18.4. The number of thiophene rings is 1. The van der Waals surface area contributed by atoms with Crippen LogP contribution in [0.4, 0.5) is 5.13 Å². The molecule has 1 N–H and O–H groups in total. The van der Waals surface area contributed by atoms with Crippen LogP contribution in [0.2, 0.25) is 0 Å². The summed E-state index contributed by atoms with van der Waals surface area (Å²) in [6.07, 6.45) is 4.11. The van der Waals surface area contributed by atoms with Crippen LogP contribution in [0, 0.1) is 0 Å². The molecule has 0 saturated carbocycles. The lowest BCUT2D eigenvalue weighted by molar-refractivity contribution is 0.0606. The Morgan fingerprint density at radius 2 is 2.12 bits per heavy atom. The largest absolute Gasteiger partial charge is 0.465 e. The van der Waals surface area contributed by atoms with Crippen molar-refractivity contribution in [2.75, 3.05) is 25.2 Å². The monoisotopic (exact) mass is 404 g/mol. The van der Waals surface area contributed by atoms with E-state index in [1.807, 2.05) is 23.8 Å². The number of benzene rings is 1. The predicted molar refractivity (Wildman–Crippen MR) is 112 cm³/mol. The Morgan fingerprint density at radius 1 is 1.31 bits per heavy atom. The van der Waals surface area contributed by atoms with E-state index in [1.54, 1.807) is 23.1 Å². The summed E-state index contributed by atoms with van der Waals surface area (Å²) in [4.78, 5) is 17.1. The van der Waals surface area contributed by atoms with Crippen molar-refractivity contribution in [3.63, 3.8) is 0 Å². The molecular formula is C19H20N2O2S3. The Bertz CT molecular complexity index is 859. The molecule has 0 radical (unpaired) electrons. The Labute approximate surface area is 165 Å². The highest BCUT2D eigenvalue weighted by molar-refractivity contribution is 8.00. The van der Waals surface area contributed by atoms with Gasteiger partial charge in [-0.25, -0.2) is 9.78 Å².